The van der Waals surface area contributed by atoms with E-state index in [0.717, 1.165) is 24.2 Å². The van der Waals surface area contributed by atoms with Gasteiger partial charge < -0.3 is 15.5 Å². The van der Waals surface area contributed by atoms with E-state index in [0.29, 0.717) is 37.4 Å². The lowest BCUT2D eigenvalue weighted by molar-refractivity contribution is -0.136. The Morgan fingerprint density at radius 3 is 1.97 bits per heavy atom. The van der Waals surface area contributed by atoms with Crippen molar-refractivity contribution in [2.24, 2.45) is 0 Å². The van der Waals surface area contributed by atoms with Crippen LogP contribution in [0.2, 0.25) is 0 Å². The average Bonchev–Trinajstić information content (AvgIpc) is 2.76. The quantitative estimate of drug-likeness (QED) is 0.740. The number of nitrogens with one attached hydrogen (secondary N) is 2. The van der Waals surface area contributed by atoms with Gasteiger partial charge in [0.05, 0.1) is 0 Å². The smallest absolute Gasteiger partial charge is 0.313 e. The van der Waals surface area contributed by atoms with E-state index >= 15 is 0 Å². The summed E-state index contributed by atoms with van der Waals surface area (Å²) in [4.78, 5) is 40.6. The van der Waals surface area contributed by atoms with Gasteiger partial charge in [0, 0.05) is 50.5 Å². The molecule has 1 saturated heterocycles. The molecule has 3 rings (SSSR count). The van der Waals surface area contributed by atoms with Crippen LogP contribution in [-0.2, 0) is 9.59 Å². The molecule has 1 heterocycles. The van der Waals surface area contributed by atoms with Gasteiger partial charge in [0.2, 0.25) is 0 Å². The van der Waals surface area contributed by atoms with Crippen molar-refractivity contribution >= 4 is 23.4 Å². The summed E-state index contributed by atoms with van der Waals surface area (Å²) >= 11 is 0. The Bertz CT molecular complexity index is 886. The molecule has 0 radical (unpaired) electrons. The molecule has 1 fully saturated rings. The molecule has 0 atom stereocenters. The third-order valence-corrected chi connectivity index (χ3v) is 5.19. The number of carbonyl (C=O) groups excluding carboxylic acids is 3. The molecular formula is C23H28N4O3. The van der Waals surface area contributed by atoms with Crippen molar-refractivity contribution < 1.29 is 14.4 Å². The second-order valence-corrected chi connectivity index (χ2v) is 7.58. The molecule has 0 aliphatic carbocycles. The number of hydrogen-bond acceptors (Lipinski definition) is 4. The normalized spacial score (nSPS) is 14.3. The number of benzene rings is 2. The molecule has 0 aromatic heterocycles. The minimum absolute atomic E-state index is 0.0516. The summed E-state index contributed by atoms with van der Waals surface area (Å²) < 4.78 is 0. The fourth-order valence-electron chi connectivity index (χ4n) is 3.29. The highest BCUT2D eigenvalue weighted by Gasteiger charge is 2.22. The maximum Gasteiger partial charge on any atom is 0.313 e. The van der Waals surface area contributed by atoms with E-state index in [4.69, 9.17) is 0 Å². The van der Waals surface area contributed by atoms with Gasteiger partial charge in [-0.3, -0.25) is 19.3 Å². The summed E-state index contributed by atoms with van der Waals surface area (Å²) in [5.74, 6) is -1.27. The summed E-state index contributed by atoms with van der Waals surface area (Å²) in [6.07, 6.45) is 0. The zero-order chi connectivity index (χ0) is 21.5. The van der Waals surface area contributed by atoms with Crippen LogP contribution in [0.3, 0.4) is 0 Å². The van der Waals surface area contributed by atoms with E-state index in [2.05, 4.69) is 15.5 Å². The first-order valence-corrected chi connectivity index (χ1v) is 10.2. The average molecular weight is 409 g/mol. The van der Waals surface area contributed by atoms with Crippen LogP contribution in [0.5, 0.6) is 0 Å². The first-order chi connectivity index (χ1) is 14.4. The third-order valence-electron chi connectivity index (χ3n) is 5.19. The van der Waals surface area contributed by atoms with Crippen LogP contribution in [0.4, 0.5) is 5.69 Å². The molecule has 3 amide bonds. The summed E-state index contributed by atoms with van der Waals surface area (Å²) in [6, 6.07) is 14.9. The van der Waals surface area contributed by atoms with Crippen molar-refractivity contribution in [2.75, 3.05) is 44.6 Å². The van der Waals surface area contributed by atoms with E-state index < -0.39 is 11.8 Å². The highest BCUT2D eigenvalue weighted by Crippen LogP contribution is 2.10. The Labute approximate surface area is 177 Å². The number of rotatable bonds is 5. The van der Waals surface area contributed by atoms with Gasteiger partial charge in [0.15, 0.2) is 0 Å². The molecule has 7 nitrogen and oxygen atoms in total. The van der Waals surface area contributed by atoms with Gasteiger partial charge in [-0.2, -0.15) is 0 Å². The molecule has 2 N–H and O–H groups in total. The van der Waals surface area contributed by atoms with E-state index in [1.807, 2.05) is 55.1 Å². The molecule has 0 spiro atoms. The maximum absolute atomic E-state index is 12.6. The maximum atomic E-state index is 12.6. The Balaban J connectivity index is 1.36. The van der Waals surface area contributed by atoms with E-state index in [9.17, 15) is 14.4 Å². The standard InChI is InChI=1S/C23H28N4O3/c1-17-3-7-19(8-4-17)23(30)27-15-13-26(14-16-27)12-11-24-21(28)22(29)25-20-9-5-18(2)6-10-20/h3-10H,11-16H2,1-2H3,(H,24,28)(H,25,29). The number of amides is 3. The molecule has 0 bridgehead atoms. The Morgan fingerprint density at radius 1 is 0.800 bits per heavy atom. The summed E-state index contributed by atoms with van der Waals surface area (Å²) in [6.45, 7) is 7.74. The Morgan fingerprint density at radius 2 is 1.37 bits per heavy atom. The summed E-state index contributed by atoms with van der Waals surface area (Å²) in [7, 11) is 0. The van der Waals surface area contributed by atoms with Gasteiger partial charge >= 0.3 is 11.8 Å². The molecule has 0 saturated carbocycles. The Kier molecular flexibility index (Phi) is 7.19. The molecular weight excluding hydrogens is 380 g/mol. The fraction of sp³-hybridized carbons (Fsp3) is 0.348. The zero-order valence-corrected chi connectivity index (χ0v) is 17.5. The lowest BCUT2D eigenvalue weighted by Crippen LogP contribution is -2.50. The van der Waals surface area contributed by atoms with Crippen molar-refractivity contribution in [3.05, 3.63) is 65.2 Å². The highest BCUT2D eigenvalue weighted by atomic mass is 16.2. The number of piperazine rings is 1. The van der Waals surface area contributed by atoms with Gasteiger partial charge in [0.1, 0.15) is 0 Å². The van der Waals surface area contributed by atoms with Crippen molar-refractivity contribution in [1.29, 1.82) is 0 Å². The van der Waals surface area contributed by atoms with Crippen molar-refractivity contribution in [2.45, 2.75) is 13.8 Å². The van der Waals surface area contributed by atoms with E-state index in [-0.39, 0.29) is 5.91 Å². The van der Waals surface area contributed by atoms with Crippen LogP contribution in [0.1, 0.15) is 21.5 Å². The molecule has 158 valence electrons. The predicted octanol–water partition coefficient (Wildman–Crippen LogP) is 1.82. The van der Waals surface area contributed by atoms with Gasteiger partial charge in [-0.25, -0.2) is 0 Å². The van der Waals surface area contributed by atoms with E-state index in [1.165, 1.54) is 0 Å². The number of anilines is 1. The van der Waals surface area contributed by atoms with E-state index in [1.54, 1.807) is 12.1 Å². The zero-order valence-electron chi connectivity index (χ0n) is 17.5. The number of aryl methyl sites for hydroxylation is 2. The number of hydrogen-bond donors (Lipinski definition) is 2. The predicted molar refractivity (Wildman–Crippen MR) is 116 cm³/mol. The van der Waals surface area contributed by atoms with Crippen molar-refractivity contribution in [3.8, 4) is 0 Å². The van der Waals surface area contributed by atoms with Crippen LogP contribution in [0.15, 0.2) is 48.5 Å². The SMILES string of the molecule is Cc1ccc(NC(=O)C(=O)NCCN2CCN(C(=O)c3ccc(C)cc3)CC2)cc1. The molecule has 2 aromatic rings. The van der Waals surface area contributed by atoms with Gasteiger partial charge in [-0.15, -0.1) is 0 Å². The number of carbonyl (C=O) groups is 3. The first kappa shape index (κ1) is 21.5. The van der Waals surface area contributed by atoms with Crippen LogP contribution < -0.4 is 10.6 Å². The molecule has 2 aromatic carbocycles. The van der Waals surface area contributed by atoms with Crippen molar-refractivity contribution in [3.63, 3.8) is 0 Å². The van der Waals surface area contributed by atoms with Crippen LogP contribution in [0.25, 0.3) is 0 Å². The van der Waals surface area contributed by atoms with Crippen LogP contribution in [-0.4, -0.2) is 66.8 Å². The van der Waals surface area contributed by atoms with Crippen LogP contribution in [0, 0.1) is 13.8 Å². The van der Waals surface area contributed by atoms with Crippen molar-refractivity contribution in [1.82, 2.24) is 15.1 Å². The summed E-state index contributed by atoms with van der Waals surface area (Å²) in [5, 5.41) is 5.24. The monoisotopic (exact) mass is 408 g/mol. The van der Waals surface area contributed by atoms with Crippen LogP contribution >= 0.6 is 0 Å². The fourth-order valence-corrected chi connectivity index (χ4v) is 3.29. The van der Waals surface area contributed by atoms with Gasteiger partial charge in [0.25, 0.3) is 5.91 Å². The minimum Gasteiger partial charge on any atom is -0.347 e. The largest absolute Gasteiger partial charge is 0.347 e. The first-order valence-electron chi connectivity index (χ1n) is 10.2. The lowest BCUT2D eigenvalue weighted by atomic mass is 10.1. The lowest BCUT2D eigenvalue weighted by Gasteiger charge is -2.34. The molecule has 1 aliphatic rings. The highest BCUT2D eigenvalue weighted by molar-refractivity contribution is 6.39. The van der Waals surface area contributed by atoms with Gasteiger partial charge in [-0.1, -0.05) is 35.4 Å². The third kappa shape index (κ3) is 5.90. The topological polar surface area (TPSA) is 81.8 Å². The number of nitrogens with zero attached hydrogens (tertiary/aromatic N) is 2. The molecule has 0 unspecified atom stereocenters. The molecule has 30 heavy (non-hydrogen) atoms. The molecule has 7 heteroatoms. The molecule has 1 aliphatic heterocycles. The second-order valence-electron chi connectivity index (χ2n) is 7.58. The second kappa shape index (κ2) is 10.0. The Hall–Kier alpha value is -3.19. The minimum atomic E-state index is -0.674. The summed E-state index contributed by atoms with van der Waals surface area (Å²) in [5.41, 5.74) is 3.51. The van der Waals surface area contributed by atoms with Gasteiger partial charge in [-0.05, 0) is 38.1 Å².